The van der Waals surface area contributed by atoms with Crippen molar-refractivity contribution in [2.75, 3.05) is 0 Å². The number of aromatic nitrogens is 1. The summed E-state index contributed by atoms with van der Waals surface area (Å²) in [5.41, 5.74) is 0.317. The molecule has 1 aromatic heterocycles. The second kappa shape index (κ2) is 4.88. The van der Waals surface area contributed by atoms with E-state index in [1.54, 1.807) is 6.07 Å². The summed E-state index contributed by atoms with van der Waals surface area (Å²) in [4.78, 5) is 25.8. The fourth-order valence-electron chi connectivity index (χ4n) is 0.878. The number of amides is 1. The maximum atomic E-state index is 11.5. The third kappa shape index (κ3) is 3.32. The molecule has 2 N–H and O–H groups in total. The van der Waals surface area contributed by atoms with Crippen LogP contribution in [0.2, 0.25) is 0 Å². The lowest BCUT2D eigenvalue weighted by molar-refractivity contribution is -0.138. The van der Waals surface area contributed by atoms with Crippen molar-refractivity contribution in [2.45, 2.75) is 13.0 Å². The van der Waals surface area contributed by atoms with Gasteiger partial charge in [-0.3, -0.25) is 14.6 Å². The van der Waals surface area contributed by atoms with E-state index in [2.05, 4.69) is 26.2 Å². The van der Waals surface area contributed by atoms with Gasteiger partial charge in [-0.2, -0.15) is 0 Å². The molecule has 80 valence electrons. The molecule has 1 heterocycles. The van der Waals surface area contributed by atoms with Crippen LogP contribution in [0.15, 0.2) is 22.9 Å². The first-order chi connectivity index (χ1) is 7.00. The molecular weight excluding hydrogens is 264 g/mol. The first kappa shape index (κ1) is 11.6. The Bertz CT molecular complexity index is 395. The zero-order chi connectivity index (χ0) is 11.4. The molecule has 1 atom stereocenters. The van der Waals surface area contributed by atoms with Gasteiger partial charge in [0, 0.05) is 16.9 Å². The predicted molar refractivity (Wildman–Crippen MR) is 56.5 cm³/mol. The van der Waals surface area contributed by atoms with E-state index in [0.717, 1.165) is 0 Å². The molecule has 0 aliphatic carbocycles. The lowest BCUT2D eigenvalue weighted by Gasteiger charge is -2.08. The Morgan fingerprint density at radius 1 is 1.53 bits per heavy atom. The number of rotatable bonds is 3. The minimum Gasteiger partial charge on any atom is -0.480 e. The zero-order valence-corrected chi connectivity index (χ0v) is 9.48. The van der Waals surface area contributed by atoms with Crippen molar-refractivity contribution in [2.24, 2.45) is 0 Å². The Balaban J connectivity index is 2.73. The number of halogens is 1. The first-order valence-corrected chi connectivity index (χ1v) is 4.94. The highest BCUT2D eigenvalue weighted by atomic mass is 79.9. The van der Waals surface area contributed by atoms with E-state index in [0.29, 0.717) is 10.0 Å². The summed E-state index contributed by atoms with van der Waals surface area (Å²) in [6, 6.07) is 0.646. The SMILES string of the molecule is CC(NC(=O)c1cncc(Br)c1)C(=O)O. The lowest BCUT2D eigenvalue weighted by Crippen LogP contribution is -2.38. The second-order valence-electron chi connectivity index (χ2n) is 2.93. The van der Waals surface area contributed by atoms with Crippen molar-refractivity contribution >= 4 is 27.8 Å². The Morgan fingerprint density at radius 3 is 2.73 bits per heavy atom. The van der Waals surface area contributed by atoms with Gasteiger partial charge in [-0.05, 0) is 28.9 Å². The smallest absolute Gasteiger partial charge is 0.325 e. The summed E-state index contributed by atoms with van der Waals surface area (Å²) in [5, 5.41) is 10.9. The Hall–Kier alpha value is -1.43. The van der Waals surface area contributed by atoms with Crippen molar-refractivity contribution in [3.05, 3.63) is 28.5 Å². The van der Waals surface area contributed by atoms with Gasteiger partial charge in [-0.1, -0.05) is 0 Å². The van der Waals surface area contributed by atoms with Crippen LogP contribution < -0.4 is 5.32 Å². The molecule has 0 aliphatic rings. The molecule has 15 heavy (non-hydrogen) atoms. The number of pyridine rings is 1. The van der Waals surface area contributed by atoms with Crippen LogP contribution in [-0.4, -0.2) is 28.0 Å². The number of aliphatic carboxylic acids is 1. The number of nitrogens with one attached hydrogen (secondary N) is 1. The number of carboxylic acids is 1. The summed E-state index contributed by atoms with van der Waals surface area (Å²) in [5.74, 6) is -1.54. The van der Waals surface area contributed by atoms with Gasteiger partial charge in [-0.15, -0.1) is 0 Å². The summed E-state index contributed by atoms with van der Waals surface area (Å²) >= 11 is 3.17. The fraction of sp³-hybridized carbons (Fsp3) is 0.222. The Kier molecular flexibility index (Phi) is 3.79. The standard InChI is InChI=1S/C9H9BrN2O3/c1-5(9(14)15)12-8(13)6-2-7(10)4-11-3-6/h2-5H,1H3,(H,12,13)(H,14,15). The number of carbonyl (C=O) groups is 2. The van der Waals surface area contributed by atoms with Crippen molar-refractivity contribution in [3.8, 4) is 0 Å². The van der Waals surface area contributed by atoms with Gasteiger partial charge in [0.2, 0.25) is 0 Å². The normalized spacial score (nSPS) is 11.9. The van der Waals surface area contributed by atoms with Gasteiger partial charge in [0.05, 0.1) is 5.56 Å². The quantitative estimate of drug-likeness (QED) is 0.862. The van der Waals surface area contributed by atoms with Gasteiger partial charge in [-0.25, -0.2) is 0 Å². The largest absolute Gasteiger partial charge is 0.480 e. The minimum absolute atomic E-state index is 0.317. The molecule has 0 saturated carbocycles. The molecule has 0 radical (unpaired) electrons. The number of hydrogen-bond acceptors (Lipinski definition) is 3. The van der Waals surface area contributed by atoms with Crippen LogP contribution in [0.3, 0.4) is 0 Å². The first-order valence-electron chi connectivity index (χ1n) is 4.15. The molecule has 0 aromatic carbocycles. The van der Waals surface area contributed by atoms with E-state index in [9.17, 15) is 9.59 Å². The van der Waals surface area contributed by atoms with Crippen molar-refractivity contribution < 1.29 is 14.7 Å². The highest BCUT2D eigenvalue weighted by molar-refractivity contribution is 9.10. The van der Waals surface area contributed by atoms with Gasteiger partial charge in [0.15, 0.2) is 0 Å². The summed E-state index contributed by atoms with van der Waals surface area (Å²) < 4.78 is 0.665. The van der Waals surface area contributed by atoms with Crippen molar-refractivity contribution in [1.29, 1.82) is 0 Å². The van der Waals surface area contributed by atoms with Gasteiger partial charge in [0.1, 0.15) is 6.04 Å². The second-order valence-corrected chi connectivity index (χ2v) is 3.84. The van der Waals surface area contributed by atoms with E-state index in [-0.39, 0.29) is 0 Å². The van der Waals surface area contributed by atoms with Gasteiger partial charge in [0.25, 0.3) is 5.91 Å². The van der Waals surface area contributed by atoms with Crippen LogP contribution in [0.5, 0.6) is 0 Å². The van der Waals surface area contributed by atoms with Crippen molar-refractivity contribution in [1.82, 2.24) is 10.3 Å². The molecular formula is C9H9BrN2O3. The maximum Gasteiger partial charge on any atom is 0.325 e. The van der Waals surface area contributed by atoms with Crippen LogP contribution in [-0.2, 0) is 4.79 Å². The molecule has 5 nitrogen and oxygen atoms in total. The number of nitrogens with zero attached hydrogens (tertiary/aromatic N) is 1. The molecule has 1 rings (SSSR count). The zero-order valence-electron chi connectivity index (χ0n) is 7.90. The van der Waals surface area contributed by atoms with E-state index >= 15 is 0 Å². The topological polar surface area (TPSA) is 79.3 Å². The van der Waals surface area contributed by atoms with Crippen LogP contribution in [0, 0.1) is 0 Å². The number of carbonyl (C=O) groups excluding carboxylic acids is 1. The molecule has 0 spiro atoms. The van der Waals surface area contributed by atoms with E-state index in [1.807, 2.05) is 0 Å². The molecule has 0 saturated heterocycles. The van der Waals surface area contributed by atoms with Crippen LogP contribution in [0.25, 0.3) is 0 Å². The monoisotopic (exact) mass is 272 g/mol. The molecule has 0 bridgehead atoms. The average Bonchev–Trinajstić information content (AvgIpc) is 2.17. The molecule has 1 amide bonds. The highest BCUT2D eigenvalue weighted by Crippen LogP contribution is 2.09. The molecule has 0 fully saturated rings. The third-order valence-corrected chi connectivity index (χ3v) is 2.12. The summed E-state index contributed by atoms with van der Waals surface area (Å²) in [6.07, 6.45) is 2.91. The average molecular weight is 273 g/mol. The Labute approximate surface area is 94.6 Å². The maximum absolute atomic E-state index is 11.5. The van der Waals surface area contributed by atoms with Crippen LogP contribution >= 0.6 is 15.9 Å². The highest BCUT2D eigenvalue weighted by Gasteiger charge is 2.15. The van der Waals surface area contributed by atoms with Gasteiger partial charge < -0.3 is 10.4 Å². The van der Waals surface area contributed by atoms with Crippen LogP contribution in [0.4, 0.5) is 0 Å². The molecule has 1 unspecified atom stereocenters. The summed E-state index contributed by atoms with van der Waals surface area (Å²) in [7, 11) is 0. The number of carboxylic acid groups (broad SMARTS) is 1. The number of hydrogen-bond donors (Lipinski definition) is 2. The van der Waals surface area contributed by atoms with E-state index < -0.39 is 17.9 Å². The fourth-order valence-corrected chi connectivity index (χ4v) is 1.24. The van der Waals surface area contributed by atoms with E-state index in [1.165, 1.54) is 19.3 Å². The minimum atomic E-state index is -1.08. The molecule has 1 aromatic rings. The summed E-state index contributed by atoms with van der Waals surface area (Å²) in [6.45, 7) is 1.39. The Morgan fingerprint density at radius 2 is 2.20 bits per heavy atom. The molecule has 0 aliphatic heterocycles. The van der Waals surface area contributed by atoms with E-state index in [4.69, 9.17) is 5.11 Å². The third-order valence-electron chi connectivity index (χ3n) is 1.69. The molecule has 6 heteroatoms. The van der Waals surface area contributed by atoms with Crippen LogP contribution in [0.1, 0.15) is 17.3 Å². The predicted octanol–water partition coefficient (Wildman–Crippen LogP) is 1.05. The lowest BCUT2D eigenvalue weighted by atomic mass is 10.2. The van der Waals surface area contributed by atoms with Gasteiger partial charge >= 0.3 is 5.97 Å². The van der Waals surface area contributed by atoms with Crippen molar-refractivity contribution in [3.63, 3.8) is 0 Å².